The van der Waals surface area contributed by atoms with Crippen molar-refractivity contribution in [2.45, 2.75) is 18.9 Å². The molecule has 1 saturated heterocycles. The molecule has 0 unspecified atom stereocenters. The Kier molecular flexibility index (Phi) is 4.35. The number of methoxy groups -OCH3 is 1. The maximum atomic E-state index is 13.0. The van der Waals surface area contributed by atoms with Crippen molar-refractivity contribution < 1.29 is 9.53 Å². The van der Waals surface area contributed by atoms with Gasteiger partial charge in [0.1, 0.15) is 11.4 Å². The van der Waals surface area contributed by atoms with Crippen molar-refractivity contribution in [1.82, 2.24) is 25.1 Å². The second kappa shape index (κ2) is 6.95. The number of benzene rings is 1. The number of carbonyl (C=O) groups is 1. The summed E-state index contributed by atoms with van der Waals surface area (Å²) in [6, 6.07) is 13.1. The van der Waals surface area contributed by atoms with Gasteiger partial charge in [-0.15, -0.1) is 0 Å². The number of rotatable bonds is 4. The molecule has 0 aliphatic carbocycles. The molecular weight excluding hydrogens is 330 g/mol. The molecule has 3 aromatic rings. The lowest BCUT2D eigenvalue weighted by Crippen LogP contribution is -2.31. The van der Waals surface area contributed by atoms with Gasteiger partial charge in [0.15, 0.2) is 5.82 Å². The SMILES string of the molecule is COc1ncccc1C(=O)N1CCC[C@H]1c1nc(-c2ccccc2)n[nH]1. The van der Waals surface area contributed by atoms with Crippen LogP contribution in [0.15, 0.2) is 48.7 Å². The quantitative estimate of drug-likeness (QED) is 0.783. The topological polar surface area (TPSA) is 84.0 Å². The van der Waals surface area contributed by atoms with Crippen molar-refractivity contribution in [3.8, 4) is 17.3 Å². The Bertz CT molecular complexity index is 909. The van der Waals surface area contributed by atoms with E-state index in [1.807, 2.05) is 35.2 Å². The molecule has 1 N–H and O–H groups in total. The summed E-state index contributed by atoms with van der Waals surface area (Å²) >= 11 is 0. The highest BCUT2D eigenvalue weighted by atomic mass is 16.5. The largest absolute Gasteiger partial charge is 0.480 e. The van der Waals surface area contributed by atoms with Crippen molar-refractivity contribution >= 4 is 5.91 Å². The zero-order valence-corrected chi connectivity index (χ0v) is 14.4. The number of likely N-dealkylation sites (tertiary alicyclic amines) is 1. The molecule has 3 heterocycles. The molecule has 1 aliphatic heterocycles. The second-order valence-electron chi connectivity index (χ2n) is 6.13. The van der Waals surface area contributed by atoms with E-state index in [0.717, 1.165) is 18.4 Å². The highest BCUT2D eigenvalue weighted by Gasteiger charge is 2.34. The standard InChI is InChI=1S/C19H19N5O2/c1-26-18-14(9-5-11-20-18)19(25)24-12-6-10-15(24)17-21-16(22-23-17)13-7-3-2-4-8-13/h2-5,7-9,11,15H,6,10,12H2,1H3,(H,21,22,23)/t15-/m0/s1. The summed E-state index contributed by atoms with van der Waals surface area (Å²) in [6.45, 7) is 0.670. The van der Waals surface area contributed by atoms with E-state index < -0.39 is 0 Å². The number of aromatic amines is 1. The fourth-order valence-electron chi connectivity index (χ4n) is 3.30. The summed E-state index contributed by atoms with van der Waals surface area (Å²) in [6.07, 6.45) is 3.37. The van der Waals surface area contributed by atoms with Crippen molar-refractivity contribution in [3.63, 3.8) is 0 Å². The first kappa shape index (κ1) is 16.3. The number of hydrogen-bond acceptors (Lipinski definition) is 5. The number of carbonyl (C=O) groups excluding carboxylic acids is 1. The van der Waals surface area contributed by atoms with Crippen LogP contribution in [0, 0.1) is 0 Å². The van der Waals surface area contributed by atoms with Crippen molar-refractivity contribution in [2.24, 2.45) is 0 Å². The Hall–Kier alpha value is -3.22. The summed E-state index contributed by atoms with van der Waals surface area (Å²) in [5.41, 5.74) is 1.41. The molecule has 0 radical (unpaired) electrons. The molecule has 0 bridgehead atoms. The zero-order valence-electron chi connectivity index (χ0n) is 14.4. The minimum absolute atomic E-state index is 0.102. The summed E-state index contributed by atoms with van der Waals surface area (Å²) < 4.78 is 5.23. The summed E-state index contributed by atoms with van der Waals surface area (Å²) in [5, 5.41) is 7.33. The normalized spacial score (nSPS) is 16.7. The number of amides is 1. The van der Waals surface area contributed by atoms with Crippen LogP contribution in [0.25, 0.3) is 11.4 Å². The van der Waals surface area contributed by atoms with Crippen molar-refractivity contribution in [1.29, 1.82) is 0 Å². The van der Waals surface area contributed by atoms with Gasteiger partial charge >= 0.3 is 0 Å². The van der Waals surface area contributed by atoms with Gasteiger partial charge in [-0.25, -0.2) is 9.97 Å². The molecule has 4 rings (SSSR count). The first-order valence-corrected chi connectivity index (χ1v) is 8.55. The van der Waals surface area contributed by atoms with Crippen LogP contribution in [-0.2, 0) is 0 Å². The van der Waals surface area contributed by atoms with Crippen LogP contribution in [0.5, 0.6) is 5.88 Å². The third-order valence-electron chi connectivity index (χ3n) is 4.56. The van der Waals surface area contributed by atoms with Crippen LogP contribution in [0.1, 0.15) is 35.1 Å². The Morgan fingerprint density at radius 3 is 2.88 bits per heavy atom. The lowest BCUT2D eigenvalue weighted by Gasteiger charge is -2.23. The molecule has 1 aliphatic rings. The van der Waals surface area contributed by atoms with Crippen LogP contribution in [0.3, 0.4) is 0 Å². The Morgan fingerprint density at radius 1 is 1.23 bits per heavy atom. The van der Waals surface area contributed by atoms with Gasteiger partial charge in [0.25, 0.3) is 5.91 Å². The molecule has 7 nitrogen and oxygen atoms in total. The molecule has 26 heavy (non-hydrogen) atoms. The molecule has 1 amide bonds. The number of ether oxygens (including phenoxy) is 1. The maximum Gasteiger partial charge on any atom is 0.259 e. The van der Waals surface area contributed by atoms with Crippen LogP contribution >= 0.6 is 0 Å². The predicted molar refractivity (Wildman–Crippen MR) is 95.6 cm³/mol. The maximum absolute atomic E-state index is 13.0. The van der Waals surface area contributed by atoms with Gasteiger partial charge in [-0.05, 0) is 25.0 Å². The van der Waals surface area contributed by atoms with Crippen LogP contribution in [0.2, 0.25) is 0 Å². The van der Waals surface area contributed by atoms with Gasteiger partial charge < -0.3 is 9.64 Å². The molecule has 7 heteroatoms. The third kappa shape index (κ3) is 2.92. The molecule has 1 fully saturated rings. The minimum atomic E-state index is -0.127. The number of aromatic nitrogens is 4. The molecule has 1 aromatic carbocycles. The number of hydrogen-bond donors (Lipinski definition) is 1. The number of H-pyrrole nitrogens is 1. The van der Waals surface area contributed by atoms with Crippen LogP contribution < -0.4 is 4.74 Å². The molecule has 2 aromatic heterocycles. The molecule has 0 saturated carbocycles. The Balaban J connectivity index is 1.61. The van der Waals surface area contributed by atoms with E-state index in [1.165, 1.54) is 7.11 Å². The summed E-state index contributed by atoms with van der Waals surface area (Å²) in [7, 11) is 1.52. The van der Waals surface area contributed by atoms with Gasteiger partial charge in [-0.3, -0.25) is 9.89 Å². The van der Waals surface area contributed by atoms with E-state index in [-0.39, 0.29) is 11.9 Å². The molecule has 132 valence electrons. The minimum Gasteiger partial charge on any atom is -0.480 e. The van der Waals surface area contributed by atoms with E-state index in [4.69, 9.17) is 4.74 Å². The van der Waals surface area contributed by atoms with Crippen molar-refractivity contribution in [3.05, 3.63) is 60.0 Å². The Morgan fingerprint density at radius 2 is 2.08 bits per heavy atom. The number of nitrogens with zero attached hydrogens (tertiary/aromatic N) is 4. The lowest BCUT2D eigenvalue weighted by atomic mass is 10.1. The molecule has 1 atom stereocenters. The van der Waals surface area contributed by atoms with E-state index in [9.17, 15) is 4.79 Å². The van der Waals surface area contributed by atoms with Gasteiger partial charge in [0, 0.05) is 18.3 Å². The predicted octanol–water partition coefficient (Wildman–Crippen LogP) is 2.85. The average Bonchev–Trinajstić information content (AvgIpc) is 3.37. The van der Waals surface area contributed by atoms with Crippen LogP contribution in [0.4, 0.5) is 0 Å². The monoisotopic (exact) mass is 349 g/mol. The van der Waals surface area contributed by atoms with Gasteiger partial charge in [-0.1, -0.05) is 30.3 Å². The molecular formula is C19H19N5O2. The molecule has 0 spiro atoms. The fraction of sp³-hybridized carbons (Fsp3) is 0.263. The van der Waals surface area contributed by atoms with Gasteiger partial charge in [0.05, 0.1) is 13.2 Å². The Labute approximate surface area is 151 Å². The fourth-order valence-corrected chi connectivity index (χ4v) is 3.30. The van der Waals surface area contributed by atoms with E-state index in [2.05, 4.69) is 20.2 Å². The van der Waals surface area contributed by atoms with E-state index >= 15 is 0 Å². The highest BCUT2D eigenvalue weighted by molar-refractivity contribution is 5.96. The lowest BCUT2D eigenvalue weighted by molar-refractivity contribution is 0.0726. The number of pyridine rings is 1. The first-order valence-electron chi connectivity index (χ1n) is 8.55. The summed E-state index contributed by atoms with van der Waals surface area (Å²) in [4.78, 5) is 23.6. The van der Waals surface area contributed by atoms with Crippen LogP contribution in [-0.4, -0.2) is 44.6 Å². The second-order valence-corrected chi connectivity index (χ2v) is 6.13. The van der Waals surface area contributed by atoms with Gasteiger partial charge in [-0.2, -0.15) is 5.10 Å². The smallest absolute Gasteiger partial charge is 0.259 e. The average molecular weight is 349 g/mol. The summed E-state index contributed by atoms with van der Waals surface area (Å²) in [5.74, 6) is 1.58. The first-order chi connectivity index (χ1) is 12.8. The van der Waals surface area contributed by atoms with E-state index in [1.54, 1.807) is 18.3 Å². The zero-order chi connectivity index (χ0) is 17.9. The third-order valence-corrected chi connectivity index (χ3v) is 4.56. The highest BCUT2D eigenvalue weighted by Crippen LogP contribution is 2.33. The van der Waals surface area contributed by atoms with E-state index in [0.29, 0.717) is 29.6 Å². The number of nitrogens with one attached hydrogen (secondary N) is 1. The van der Waals surface area contributed by atoms with Gasteiger partial charge in [0.2, 0.25) is 5.88 Å². The van der Waals surface area contributed by atoms with Crippen molar-refractivity contribution in [2.75, 3.05) is 13.7 Å².